The van der Waals surface area contributed by atoms with Gasteiger partial charge in [0.05, 0.1) is 0 Å². The first-order valence-corrected chi connectivity index (χ1v) is 7.21. The highest BCUT2D eigenvalue weighted by molar-refractivity contribution is 6.31. The van der Waals surface area contributed by atoms with Crippen molar-refractivity contribution in [2.75, 3.05) is 0 Å². The van der Waals surface area contributed by atoms with Gasteiger partial charge in [0.1, 0.15) is 5.82 Å². The third kappa shape index (κ3) is 2.78. The van der Waals surface area contributed by atoms with Crippen molar-refractivity contribution >= 4 is 22.4 Å². The summed E-state index contributed by atoms with van der Waals surface area (Å²) in [7, 11) is 0. The molecule has 3 rings (SSSR count). The van der Waals surface area contributed by atoms with Crippen LogP contribution in [0.25, 0.3) is 10.8 Å². The maximum Gasteiger partial charge on any atom is 0.129 e. The van der Waals surface area contributed by atoms with Gasteiger partial charge in [0.25, 0.3) is 0 Å². The fourth-order valence-electron chi connectivity index (χ4n) is 2.67. The molecule has 0 bridgehead atoms. The molecule has 3 aromatic carbocycles. The molecule has 0 fully saturated rings. The molecule has 1 atom stereocenters. The standard InChI is InChI=1S/C18H15ClFN/c19-15-9-4-10-16(20)18(15)17(21)11-13-7-3-6-12-5-1-2-8-14(12)13/h1-10,17H,11,21H2. The number of fused-ring (bicyclic) bond motifs is 1. The predicted octanol–water partition coefficient (Wildman–Crippen LogP) is 4.87. The largest absolute Gasteiger partial charge is 0.324 e. The van der Waals surface area contributed by atoms with Gasteiger partial charge in [0.15, 0.2) is 0 Å². The van der Waals surface area contributed by atoms with Crippen LogP contribution in [0.5, 0.6) is 0 Å². The molecule has 1 nitrogen and oxygen atoms in total. The van der Waals surface area contributed by atoms with Crippen LogP contribution in [0.2, 0.25) is 5.02 Å². The van der Waals surface area contributed by atoms with Gasteiger partial charge in [-0.15, -0.1) is 0 Å². The topological polar surface area (TPSA) is 26.0 Å². The fourth-order valence-corrected chi connectivity index (χ4v) is 2.98. The van der Waals surface area contributed by atoms with Gasteiger partial charge < -0.3 is 5.73 Å². The summed E-state index contributed by atoms with van der Waals surface area (Å²) in [5.41, 5.74) is 7.67. The van der Waals surface area contributed by atoms with Crippen LogP contribution in [-0.2, 0) is 6.42 Å². The van der Waals surface area contributed by atoms with E-state index in [1.54, 1.807) is 12.1 Å². The van der Waals surface area contributed by atoms with Gasteiger partial charge >= 0.3 is 0 Å². The number of benzene rings is 3. The van der Waals surface area contributed by atoms with Gasteiger partial charge in [-0.05, 0) is 34.9 Å². The quantitative estimate of drug-likeness (QED) is 0.733. The lowest BCUT2D eigenvalue weighted by atomic mass is 9.95. The van der Waals surface area contributed by atoms with Gasteiger partial charge in [0.2, 0.25) is 0 Å². The molecule has 0 radical (unpaired) electrons. The zero-order chi connectivity index (χ0) is 14.8. The van der Waals surface area contributed by atoms with E-state index in [1.165, 1.54) is 6.07 Å². The van der Waals surface area contributed by atoms with Crippen LogP contribution in [0, 0.1) is 5.82 Å². The molecule has 0 aliphatic rings. The Kier molecular flexibility index (Phi) is 3.91. The first kappa shape index (κ1) is 14.1. The fraction of sp³-hybridized carbons (Fsp3) is 0.111. The van der Waals surface area contributed by atoms with Crippen molar-refractivity contribution in [3.8, 4) is 0 Å². The molecule has 0 amide bonds. The summed E-state index contributed by atoms with van der Waals surface area (Å²) in [5.74, 6) is -0.352. The second-order valence-electron chi connectivity index (χ2n) is 5.08. The van der Waals surface area contributed by atoms with Crippen molar-refractivity contribution in [2.45, 2.75) is 12.5 Å². The second kappa shape index (κ2) is 5.84. The van der Waals surface area contributed by atoms with Crippen molar-refractivity contribution in [3.05, 3.63) is 82.6 Å². The Bertz CT molecular complexity index is 760. The predicted molar refractivity (Wildman–Crippen MR) is 86.0 cm³/mol. The van der Waals surface area contributed by atoms with Crippen LogP contribution in [-0.4, -0.2) is 0 Å². The lowest BCUT2D eigenvalue weighted by Gasteiger charge is -2.16. The Morgan fingerprint density at radius 3 is 2.48 bits per heavy atom. The highest BCUT2D eigenvalue weighted by Crippen LogP contribution is 2.29. The lowest BCUT2D eigenvalue weighted by Crippen LogP contribution is -2.15. The average Bonchev–Trinajstić information content (AvgIpc) is 2.47. The first-order valence-electron chi connectivity index (χ1n) is 6.83. The monoisotopic (exact) mass is 299 g/mol. The third-order valence-electron chi connectivity index (χ3n) is 3.69. The molecule has 3 aromatic rings. The van der Waals surface area contributed by atoms with Crippen LogP contribution in [0.3, 0.4) is 0 Å². The van der Waals surface area contributed by atoms with Gasteiger partial charge in [-0.2, -0.15) is 0 Å². The normalized spacial score (nSPS) is 12.5. The molecule has 0 saturated heterocycles. The van der Waals surface area contributed by atoms with Gasteiger partial charge in [-0.1, -0.05) is 60.1 Å². The number of hydrogen-bond donors (Lipinski definition) is 1. The van der Waals surface area contributed by atoms with Crippen molar-refractivity contribution < 1.29 is 4.39 Å². The Balaban J connectivity index is 1.99. The number of rotatable bonds is 3. The Labute approximate surface area is 128 Å². The number of nitrogens with two attached hydrogens (primary N) is 1. The average molecular weight is 300 g/mol. The van der Waals surface area contributed by atoms with E-state index in [4.69, 9.17) is 17.3 Å². The molecule has 0 heterocycles. The molecule has 1 unspecified atom stereocenters. The molecule has 21 heavy (non-hydrogen) atoms. The minimum absolute atomic E-state index is 0.352. The molecule has 0 aromatic heterocycles. The molecule has 0 aliphatic heterocycles. The SMILES string of the molecule is NC(Cc1cccc2ccccc12)c1c(F)cccc1Cl. The van der Waals surface area contributed by atoms with Crippen LogP contribution >= 0.6 is 11.6 Å². The van der Waals surface area contributed by atoms with Gasteiger partial charge in [0, 0.05) is 16.6 Å². The summed E-state index contributed by atoms with van der Waals surface area (Å²) in [6, 6.07) is 18.4. The van der Waals surface area contributed by atoms with E-state index < -0.39 is 6.04 Å². The Morgan fingerprint density at radius 2 is 1.67 bits per heavy atom. The number of halogens is 2. The lowest BCUT2D eigenvalue weighted by molar-refractivity contribution is 0.581. The van der Waals surface area contributed by atoms with E-state index in [-0.39, 0.29) is 5.82 Å². The third-order valence-corrected chi connectivity index (χ3v) is 4.02. The molecule has 106 valence electrons. The molecule has 3 heteroatoms. The molecule has 0 aliphatic carbocycles. The maximum absolute atomic E-state index is 14.0. The van der Waals surface area contributed by atoms with E-state index >= 15 is 0 Å². The zero-order valence-corrected chi connectivity index (χ0v) is 12.1. The molecular formula is C18H15ClFN. The zero-order valence-electron chi connectivity index (χ0n) is 11.4. The smallest absolute Gasteiger partial charge is 0.129 e. The van der Waals surface area contributed by atoms with Crippen LogP contribution in [0.1, 0.15) is 17.2 Å². The highest BCUT2D eigenvalue weighted by atomic mass is 35.5. The Hall–Kier alpha value is -1.90. The summed E-state index contributed by atoms with van der Waals surface area (Å²) in [4.78, 5) is 0. The highest BCUT2D eigenvalue weighted by Gasteiger charge is 2.16. The Morgan fingerprint density at radius 1 is 0.952 bits per heavy atom. The van der Waals surface area contributed by atoms with Crippen molar-refractivity contribution in [2.24, 2.45) is 5.73 Å². The van der Waals surface area contributed by atoms with Gasteiger partial charge in [-0.3, -0.25) is 0 Å². The van der Waals surface area contributed by atoms with E-state index in [9.17, 15) is 4.39 Å². The molecular weight excluding hydrogens is 285 g/mol. The summed E-state index contributed by atoms with van der Waals surface area (Å²) < 4.78 is 14.0. The van der Waals surface area contributed by atoms with Crippen molar-refractivity contribution in [1.82, 2.24) is 0 Å². The summed E-state index contributed by atoms with van der Waals surface area (Å²) >= 11 is 6.09. The molecule has 2 N–H and O–H groups in total. The van der Waals surface area contributed by atoms with E-state index in [1.807, 2.05) is 24.3 Å². The van der Waals surface area contributed by atoms with E-state index in [2.05, 4.69) is 18.2 Å². The van der Waals surface area contributed by atoms with Gasteiger partial charge in [-0.25, -0.2) is 4.39 Å². The van der Waals surface area contributed by atoms with Crippen molar-refractivity contribution in [3.63, 3.8) is 0 Å². The van der Waals surface area contributed by atoms with E-state index in [0.717, 1.165) is 16.3 Å². The van der Waals surface area contributed by atoms with Crippen molar-refractivity contribution in [1.29, 1.82) is 0 Å². The van der Waals surface area contributed by atoms with Crippen LogP contribution in [0.4, 0.5) is 4.39 Å². The summed E-state index contributed by atoms with van der Waals surface area (Å²) in [6.07, 6.45) is 0.544. The van der Waals surface area contributed by atoms with Crippen LogP contribution < -0.4 is 5.73 Å². The summed E-state index contributed by atoms with van der Waals surface area (Å²) in [5, 5.41) is 2.67. The minimum Gasteiger partial charge on any atom is -0.324 e. The minimum atomic E-state index is -0.468. The maximum atomic E-state index is 14.0. The van der Waals surface area contributed by atoms with E-state index in [0.29, 0.717) is 17.0 Å². The second-order valence-corrected chi connectivity index (χ2v) is 5.49. The van der Waals surface area contributed by atoms with Crippen LogP contribution in [0.15, 0.2) is 60.7 Å². The first-order chi connectivity index (χ1) is 10.2. The molecule has 0 saturated carbocycles. The summed E-state index contributed by atoms with van der Waals surface area (Å²) in [6.45, 7) is 0. The number of hydrogen-bond acceptors (Lipinski definition) is 1. The molecule has 0 spiro atoms.